The van der Waals surface area contributed by atoms with Gasteiger partial charge < -0.3 is 10.2 Å². The number of halogens is 1. The molecule has 0 aliphatic carbocycles. The molecule has 0 spiro atoms. The fourth-order valence-corrected chi connectivity index (χ4v) is 2.60. The molecule has 0 saturated carbocycles. The summed E-state index contributed by atoms with van der Waals surface area (Å²) in [7, 11) is 0. The minimum atomic E-state index is 0.597. The molecule has 0 saturated heterocycles. The maximum Gasteiger partial charge on any atom is 0.224 e. The number of nitrogens with one attached hydrogen (secondary N) is 1. The van der Waals surface area contributed by atoms with Gasteiger partial charge in [-0.1, -0.05) is 42.8 Å². The summed E-state index contributed by atoms with van der Waals surface area (Å²) in [5.74, 6) is 1.44. The topological polar surface area (TPSA) is 41.1 Å². The molecular formula is C15H17ClN4. The minimum absolute atomic E-state index is 0.597. The van der Waals surface area contributed by atoms with E-state index in [4.69, 9.17) is 11.6 Å². The van der Waals surface area contributed by atoms with Crippen LogP contribution in [0.2, 0.25) is 5.02 Å². The molecule has 3 rings (SSSR count). The minimum Gasteiger partial charge on any atom is -0.354 e. The molecule has 1 aliphatic rings. The van der Waals surface area contributed by atoms with Gasteiger partial charge in [0.05, 0.1) is 6.20 Å². The van der Waals surface area contributed by atoms with Gasteiger partial charge in [-0.05, 0) is 17.5 Å². The molecule has 2 heterocycles. The average Bonchev–Trinajstić information content (AvgIpc) is 2.90. The maximum atomic E-state index is 6.26. The summed E-state index contributed by atoms with van der Waals surface area (Å²) in [6.45, 7) is 4.67. The van der Waals surface area contributed by atoms with Crippen LogP contribution in [-0.2, 0) is 13.1 Å². The van der Waals surface area contributed by atoms with E-state index in [1.807, 2.05) is 0 Å². The van der Waals surface area contributed by atoms with Crippen LogP contribution in [0.4, 0.5) is 11.8 Å². The third kappa shape index (κ3) is 2.56. The van der Waals surface area contributed by atoms with Gasteiger partial charge in [-0.15, -0.1) is 0 Å². The first-order chi connectivity index (χ1) is 9.78. The molecule has 2 aromatic rings. The molecule has 0 fully saturated rings. The molecule has 0 amide bonds. The third-order valence-electron chi connectivity index (χ3n) is 3.40. The zero-order chi connectivity index (χ0) is 13.9. The Kier molecular flexibility index (Phi) is 3.74. The third-order valence-corrected chi connectivity index (χ3v) is 3.67. The number of hydrogen-bond acceptors (Lipinski definition) is 4. The first kappa shape index (κ1) is 13.2. The van der Waals surface area contributed by atoms with Crippen molar-refractivity contribution < 1.29 is 0 Å². The van der Waals surface area contributed by atoms with Crippen LogP contribution in [0.5, 0.6) is 0 Å². The van der Waals surface area contributed by atoms with Crippen LogP contribution in [-0.4, -0.2) is 16.5 Å². The predicted octanol–water partition coefficient (Wildman–Crippen LogP) is 3.47. The Morgan fingerprint density at radius 2 is 1.95 bits per heavy atom. The number of anilines is 2. The van der Waals surface area contributed by atoms with Crippen molar-refractivity contribution in [3.05, 3.63) is 46.6 Å². The predicted molar refractivity (Wildman–Crippen MR) is 82.2 cm³/mol. The van der Waals surface area contributed by atoms with E-state index in [0.717, 1.165) is 31.9 Å². The van der Waals surface area contributed by atoms with E-state index in [-0.39, 0.29) is 0 Å². The van der Waals surface area contributed by atoms with E-state index in [1.54, 1.807) is 6.20 Å². The summed E-state index contributed by atoms with van der Waals surface area (Å²) in [5.41, 5.74) is 2.68. The summed E-state index contributed by atoms with van der Waals surface area (Å²) >= 11 is 6.26. The van der Waals surface area contributed by atoms with E-state index < -0.39 is 0 Å². The second-order valence-electron chi connectivity index (χ2n) is 4.92. The lowest BCUT2D eigenvalue weighted by atomic mass is 10.1. The molecule has 5 heteroatoms. The highest BCUT2D eigenvalue weighted by molar-refractivity contribution is 6.32. The van der Waals surface area contributed by atoms with Crippen LogP contribution < -0.4 is 10.2 Å². The van der Waals surface area contributed by atoms with Crippen molar-refractivity contribution in [2.75, 3.05) is 16.8 Å². The van der Waals surface area contributed by atoms with E-state index >= 15 is 0 Å². The van der Waals surface area contributed by atoms with Crippen molar-refractivity contribution >= 4 is 23.4 Å². The van der Waals surface area contributed by atoms with Crippen molar-refractivity contribution in [1.29, 1.82) is 0 Å². The van der Waals surface area contributed by atoms with Gasteiger partial charge in [0.25, 0.3) is 0 Å². The maximum absolute atomic E-state index is 6.26. The van der Waals surface area contributed by atoms with Crippen LogP contribution in [0.1, 0.15) is 24.5 Å². The summed E-state index contributed by atoms with van der Waals surface area (Å²) in [5, 5.41) is 3.80. The van der Waals surface area contributed by atoms with Gasteiger partial charge in [-0.3, -0.25) is 0 Å². The highest BCUT2D eigenvalue weighted by Crippen LogP contribution is 2.31. The van der Waals surface area contributed by atoms with Gasteiger partial charge in [0.15, 0.2) is 5.82 Å². The normalized spacial score (nSPS) is 13.4. The zero-order valence-electron chi connectivity index (χ0n) is 11.4. The Labute approximate surface area is 123 Å². The zero-order valence-corrected chi connectivity index (χ0v) is 12.2. The van der Waals surface area contributed by atoms with Crippen LogP contribution in [0, 0.1) is 0 Å². The Morgan fingerprint density at radius 1 is 1.25 bits per heavy atom. The van der Waals surface area contributed by atoms with Crippen molar-refractivity contribution in [2.45, 2.75) is 26.4 Å². The van der Waals surface area contributed by atoms with Gasteiger partial charge >= 0.3 is 0 Å². The summed E-state index contributed by atoms with van der Waals surface area (Å²) in [6, 6.07) is 8.44. The number of fused-ring (bicyclic) bond motifs is 1. The molecule has 4 nitrogen and oxygen atoms in total. The highest BCUT2D eigenvalue weighted by Gasteiger charge is 2.22. The molecule has 20 heavy (non-hydrogen) atoms. The van der Waals surface area contributed by atoms with Crippen LogP contribution in [0.3, 0.4) is 0 Å². The Morgan fingerprint density at radius 3 is 2.60 bits per heavy atom. The lowest BCUT2D eigenvalue weighted by Crippen LogP contribution is -2.18. The molecule has 0 radical (unpaired) electrons. The van der Waals surface area contributed by atoms with Crippen molar-refractivity contribution in [3.63, 3.8) is 0 Å². The van der Waals surface area contributed by atoms with E-state index in [9.17, 15) is 0 Å². The van der Waals surface area contributed by atoms with Crippen molar-refractivity contribution in [1.82, 2.24) is 9.97 Å². The Hall–Kier alpha value is -1.81. The summed E-state index contributed by atoms with van der Waals surface area (Å²) in [6.07, 6.45) is 2.71. The molecule has 0 unspecified atom stereocenters. The Balaban J connectivity index is 1.84. The first-order valence-electron chi connectivity index (χ1n) is 6.86. The smallest absolute Gasteiger partial charge is 0.224 e. The van der Waals surface area contributed by atoms with Crippen LogP contribution in [0.15, 0.2) is 30.5 Å². The van der Waals surface area contributed by atoms with Gasteiger partial charge in [0.1, 0.15) is 5.02 Å². The molecular weight excluding hydrogens is 272 g/mol. The number of rotatable bonds is 4. The van der Waals surface area contributed by atoms with E-state index in [1.165, 1.54) is 11.1 Å². The lowest BCUT2D eigenvalue weighted by Gasteiger charge is -2.18. The van der Waals surface area contributed by atoms with Gasteiger partial charge in [0, 0.05) is 19.6 Å². The van der Waals surface area contributed by atoms with Crippen LogP contribution >= 0.6 is 11.6 Å². The molecule has 1 aromatic heterocycles. The second kappa shape index (κ2) is 5.67. The SMILES string of the molecule is CCCNc1ncc(Cl)c(N2Cc3ccccc3C2)n1. The van der Waals surface area contributed by atoms with Crippen molar-refractivity contribution in [3.8, 4) is 0 Å². The van der Waals surface area contributed by atoms with E-state index in [2.05, 4.69) is 51.4 Å². The fraction of sp³-hybridized carbons (Fsp3) is 0.333. The first-order valence-corrected chi connectivity index (χ1v) is 7.24. The number of hydrogen-bond donors (Lipinski definition) is 1. The van der Waals surface area contributed by atoms with Crippen LogP contribution in [0.25, 0.3) is 0 Å². The quantitative estimate of drug-likeness (QED) is 0.935. The van der Waals surface area contributed by atoms with E-state index in [0.29, 0.717) is 11.0 Å². The monoisotopic (exact) mass is 288 g/mol. The summed E-state index contributed by atoms with van der Waals surface area (Å²) in [4.78, 5) is 10.9. The molecule has 1 N–H and O–H groups in total. The molecule has 0 atom stereocenters. The Bertz CT molecular complexity index is 590. The standard InChI is InChI=1S/C15H17ClN4/c1-2-7-17-15-18-8-13(16)14(19-15)20-9-11-5-3-4-6-12(11)10-20/h3-6,8H,2,7,9-10H2,1H3,(H,17,18,19). The second-order valence-corrected chi connectivity index (χ2v) is 5.32. The van der Waals surface area contributed by atoms with Gasteiger partial charge in [-0.25, -0.2) is 4.98 Å². The average molecular weight is 289 g/mol. The molecule has 1 aliphatic heterocycles. The number of nitrogens with zero attached hydrogens (tertiary/aromatic N) is 3. The van der Waals surface area contributed by atoms with Gasteiger partial charge in [-0.2, -0.15) is 4.98 Å². The summed E-state index contributed by atoms with van der Waals surface area (Å²) < 4.78 is 0. The van der Waals surface area contributed by atoms with Gasteiger partial charge in [0.2, 0.25) is 5.95 Å². The largest absolute Gasteiger partial charge is 0.354 e. The lowest BCUT2D eigenvalue weighted by molar-refractivity contribution is 0.848. The number of aromatic nitrogens is 2. The van der Waals surface area contributed by atoms with Crippen molar-refractivity contribution in [2.24, 2.45) is 0 Å². The number of benzene rings is 1. The highest BCUT2D eigenvalue weighted by atomic mass is 35.5. The molecule has 1 aromatic carbocycles. The fourth-order valence-electron chi connectivity index (χ4n) is 2.38. The molecule has 104 valence electrons. The molecule has 0 bridgehead atoms.